The van der Waals surface area contributed by atoms with Crippen LogP contribution in [0.5, 0.6) is 5.75 Å². The topological polar surface area (TPSA) is 187 Å². The number of methoxy groups -OCH3 is 1. The number of rotatable bonds is 11. The molecular formula is C22H29N6O8P. The zero-order valence-corrected chi connectivity index (χ0v) is 21.7. The molecule has 0 amide bonds. The molecule has 200 valence electrons. The Morgan fingerprint density at radius 2 is 2.05 bits per heavy atom. The second kappa shape index (κ2) is 12.2. The second-order valence-corrected chi connectivity index (χ2v) is 10.4. The Kier molecular flexibility index (Phi) is 9.30. The summed E-state index contributed by atoms with van der Waals surface area (Å²) < 4.78 is 37.1. The minimum absolute atomic E-state index is 0.0948. The van der Waals surface area contributed by atoms with Crippen LogP contribution in [-0.2, 0) is 23.4 Å². The molecule has 1 fully saturated rings. The van der Waals surface area contributed by atoms with Crippen molar-refractivity contribution in [3.05, 3.63) is 73.4 Å². The van der Waals surface area contributed by atoms with E-state index in [0.29, 0.717) is 0 Å². The van der Waals surface area contributed by atoms with Gasteiger partial charge in [-0.3, -0.25) is 23.7 Å². The highest BCUT2D eigenvalue weighted by molar-refractivity contribution is 7.52. The lowest BCUT2D eigenvalue weighted by atomic mass is 10.1. The molecule has 0 aliphatic carbocycles. The number of aromatic nitrogens is 2. The summed E-state index contributed by atoms with van der Waals surface area (Å²) in [4.78, 5) is 41.4. The van der Waals surface area contributed by atoms with E-state index in [-0.39, 0.29) is 30.3 Å². The number of aromatic amines is 1. The number of para-hydroxylation sites is 1. The first-order valence-electron chi connectivity index (χ1n) is 11.4. The first kappa shape index (κ1) is 28.2. The largest absolute Gasteiger partial charge is 0.468 e. The Labute approximate surface area is 212 Å². The fourth-order valence-electron chi connectivity index (χ4n) is 3.68. The highest BCUT2D eigenvalue weighted by Crippen LogP contribution is 2.46. The average Bonchev–Trinajstić information content (AvgIpc) is 3.26. The molecule has 1 aromatic heterocycles. The third-order valence-corrected chi connectivity index (χ3v) is 7.19. The number of nitrogens with one attached hydrogen (secondary N) is 2. The normalized spacial score (nSPS) is 21.6. The molecule has 1 aliphatic heterocycles. The second-order valence-electron chi connectivity index (χ2n) is 8.69. The molecule has 0 bridgehead atoms. The van der Waals surface area contributed by atoms with Crippen LogP contribution in [0.4, 0.5) is 0 Å². The van der Waals surface area contributed by atoms with E-state index in [2.05, 4.69) is 20.1 Å². The van der Waals surface area contributed by atoms with E-state index >= 15 is 0 Å². The standard InChI is InChI=1S/C22H29N6O8P/c1-13(2)19(21(30)33-4)26-37(32,36-15-8-6-5-7-9-15)34-12-17-16(25-27-23)10-18(35-17)28-11-14(3)20(29)24-22(28)31/h5-9,11,13,16-19H,10,12H2,1-4H3,(H,26,32)(H,24,29,31)/t16-,17+,18+,19-,37?/m0/s1. The zero-order valence-electron chi connectivity index (χ0n) is 20.8. The number of esters is 1. The van der Waals surface area contributed by atoms with Gasteiger partial charge in [-0.15, -0.1) is 0 Å². The Morgan fingerprint density at radius 3 is 2.68 bits per heavy atom. The molecule has 14 nitrogen and oxygen atoms in total. The van der Waals surface area contributed by atoms with Gasteiger partial charge in [-0.05, 0) is 30.5 Å². The quantitative estimate of drug-likeness (QED) is 0.143. The maximum absolute atomic E-state index is 13.8. The van der Waals surface area contributed by atoms with Gasteiger partial charge < -0.3 is 14.0 Å². The summed E-state index contributed by atoms with van der Waals surface area (Å²) >= 11 is 0. The summed E-state index contributed by atoms with van der Waals surface area (Å²) in [6, 6.07) is 6.41. The minimum atomic E-state index is -4.21. The lowest BCUT2D eigenvalue weighted by Crippen LogP contribution is -2.41. The molecule has 0 radical (unpaired) electrons. The van der Waals surface area contributed by atoms with Gasteiger partial charge in [-0.2, -0.15) is 5.09 Å². The first-order chi connectivity index (χ1) is 17.6. The number of H-pyrrole nitrogens is 1. The van der Waals surface area contributed by atoms with Gasteiger partial charge in [0.05, 0.1) is 25.9 Å². The van der Waals surface area contributed by atoms with Gasteiger partial charge in [0, 0.05) is 23.1 Å². The monoisotopic (exact) mass is 536 g/mol. The summed E-state index contributed by atoms with van der Waals surface area (Å²) in [6.07, 6.45) is -0.368. The van der Waals surface area contributed by atoms with E-state index in [0.717, 1.165) is 0 Å². The Morgan fingerprint density at radius 1 is 1.35 bits per heavy atom. The SMILES string of the molecule is COC(=O)[C@@H](NP(=O)(OC[C@H]1O[C@@H](n2cc(C)c(=O)[nH]c2=O)C[C@@H]1N=[N+]=[N-])Oc1ccccc1)C(C)C. The van der Waals surface area contributed by atoms with Crippen molar-refractivity contribution in [2.45, 2.75) is 51.6 Å². The van der Waals surface area contributed by atoms with Gasteiger partial charge >= 0.3 is 19.4 Å². The van der Waals surface area contributed by atoms with Crippen molar-refractivity contribution in [2.75, 3.05) is 13.7 Å². The van der Waals surface area contributed by atoms with Crippen LogP contribution in [0.2, 0.25) is 0 Å². The van der Waals surface area contributed by atoms with Crippen LogP contribution >= 0.6 is 7.75 Å². The van der Waals surface area contributed by atoms with E-state index in [4.69, 9.17) is 24.1 Å². The van der Waals surface area contributed by atoms with Crippen molar-refractivity contribution in [3.63, 3.8) is 0 Å². The molecule has 5 atom stereocenters. The number of benzene rings is 1. The van der Waals surface area contributed by atoms with E-state index in [9.17, 15) is 18.9 Å². The van der Waals surface area contributed by atoms with Gasteiger partial charge in [-0.1, -0.05) is 37.2 Å². The van der Waals surface area contributed by atoms with Crippen LogP contribution in [0.1, 0.15) is 32.1 Å². The summed E-state index contributed by atoms with van der Waals surface area (Å²) in [7, 11) is -3.00. The van der Waals surface area contributed by atoms with E-state index in [1.54, 1.807) is 44.2 Å². The van der Waals surface area contributed by atoms with Crippen molar-refractivity contribution in [1.29, 1.82) is 0 Å². The summed E-state index contributed by atoms with van der Waals surface area (Å²) in [5.41, 5.74) is 8.10. The van der Waals surface area contributed by atoms with E-state index < -0.39 is 49.4 Å². The Hall–Kier alpha value is -3.41. The van der Waals surface area contributed by atoms with Crippen LogP contribution in [0, 0.1) is 12.8 Å². The van der Waals surface area contributed by atoms with Crippen LogP contribution in [-0.4, -0.2) is 47.4 Å². The molecular weight excluding hydrogens is 507 g/mol. The third-order valence-electron chi connectivity index (χ3n) is 5.66. The molecule has 15 heteroatoms. The van der Waals surface area contributed by atoms with Crippen LogP contribution < -0.4 is 20.9 Å². The smallest absolute Gasteiger partial charge is 0.459 e. The van der Waals surface area contributed by atoms with Gasteiger partial charge in [0.25, 0.3) is 5.56 Å². The molecule has 1 aromatic carbocycles. The minimum Gasteiger partial charge on any atom is -0.468 e. The number of azide groups is 1. The number of hydrogen-bond acceptors (Lipinski definition) is 9. The van der Waals surface area contributed by atoms with Gasteiger partial charge in [0.1, 0.15) is 18.0 Å². The molecule has 0 spiro atoms. The number of aryl methyl sites for hydroxylation is 1. The van der Waals surface area contributed by atoms with E-state index in [1.807, 2.05) is 0 Å². The van der Waals surface area contributed by atoms with E-state index in [1.165, 1.54) is 24.8 Å². The Balaban J connectivity index is 1.85. The lowest BCUT2D eigenvalue weighted by Gasteiger charge is -2.27. The number of nitrogens with zero attached hydrogens (tertiary/aromatic N) is 4. The fourth-order valence-corrected chi connectivity index (χ4v) is 5.34. The number of ether oxygens (including phenoxy) is 2. The van der Waals surface area contributed by atoms with Crippen molar-refractivity contribution in [1.82, 2.24) is 14.6 Å². The summed E-state index contributed by atoms with van der Waals surface area (Å²) in [6.45, 7) is 4.62. The van der Waals surface area contributed by atoms with Crippen molar-refractivity contribution >= 4 is 13.7 Å². The fraction of sp³-hybridized carbons (Fsp3) is 0.500. The number of carbonyl (C=O) groups excluding carboxylic acids is 1. The first-order valence-corrected chi connectivity index (χ1v) is 13.0. The zero-order chi connectivity index (χ0) is 27.2. The van der Waals surface area contributed by atoms with Crippen LogP contribution in [0.25, 0.3) is 10.4 Å². The molecule has 2 N–H and O–H groups in total. The third kappa shape index (κ3) is 7.09. The number of carbonyl (C=O) groups is 1. The van der Waals surface area contributed by atoms with Gasteiger partial charge in [-0.25, -0.2) is 9.36 Å². The van der Waals surface area contributed by atoms with Crippen molar-refractivity contribution in [3.8, 4) is 5.75 Å². The molecule has 1 aliphatic rings. The molecule has 1 unspecified atom stereocenters. The lowest BCUT2D eigenvalue weighted by molar-refractivity contribution is -0.143. The highest BCUT2D eigenvalue weighted by atomic mass is 31.2. The summed E-state index contributed by atoms with van der Waals surface area (Å²) in [5.74, 6) is -0.771. The Bertz CT molecular complexity index is 1310. The molecule has 2 aromatic rings. The molecule has 1 saturated heterocycles. The maximum Gasteiger partial charge on any atom is 0.459 e. The molecule has 2 heterocycles. The van der Waals surface area contributed by atoms with Crippen molar-refractivity contribution in [2.24, 2.45) is 11.0 Å². The van der Waals surface area contributed by atoms with Gasteiger partial charge in [0.15, 0.2) is 0 Å². The van der Waals surface area contributed by atoms with Crippen LogP contribution in [0.3, 0.4) is 0 Å². The van der Waals surface area contributed by atoms with Crippen LogP contribution in [0.15, 0.2) is 51.2 Å². The maximum atomic E-state index is 13.8. The van der Waals surface area contributed by atoms with Gasteiger partial charge in [0.2, 0.25) is 0 Å². The molecule has 0 saturated carbocycles. The summed E-state index contributed by atoms with van der Waals surface area (Å²) in [5, 5.41) is 6.38. The predicted molar refractivity (Wildman–Crippen MR) is 132 cm³/mol. The number of hydrogen-bond donors (Lipinski definition) is 2. The predicted octanol–water partition coefficient (Wildman–Crippen LogP) is 2.80. The van der Waals surface area contributed by atoms with Crippen molar-refractivity contribution < 1.29 is 27.9 Å². The highest BCUT2D eigenvalue weighted by Gasteiger charge is 2.41. The average molecular weight is 536 g/mol. The molecule has 37 heavy (non-hydrogen) atoms. The molecule has 3 rings (SSSR count).